The second-order valence-corrected chi connectivity index (χ2v) is 11.5. The second-order valence-electron chi connectivity index (χ2n) is 10.7. The van der Waals surface area contributed by atoms with Crippen LogP contribution in [0.2, 0.25) is 10.0 Å². The quantitative estimate of drug-likeness (QED) is 0.308. The summed E-state index contributed by atoms with van der Waals surface area (Å²) in [6, 6.07) is 7.60. The Hall–Kier alpha value is -2.35. The molecule has 1 aliphatic heterocycles. The topological polar surface area (TPSA) is 73.4 Å². The average molecular weight is 529 g/mol. The van der Waals surface area contributed by atoms with Crippen LogP contribution in [0.15, 0.2) is 28.8 Å². The standard InChI is InChI=1S/C27H30Cl2N4O3/c1-15(2)33-24(10-19(13-34)30-33)32-11-17-8-20(9-18(17)12-32)35-14-21-26(31-36-27(21)16-6-7-16)25-22(28)4-3-5-23(25)29/h3-5,10,13,15-18,20H,6-9,11-12,14H2,1-2H3/t17-,18+,20?. The summed E-state index contributed by atoms with van der Waals surface area (Å²) in [4.78, 5) is 13.7. The lowest BCUT2D eigenvalue weighted by Crippen LogP contribution is -2.26. The van der Waals surface area contributed by atoms with Gasteiger partial charge in [-0.15, -0.1) is 0 Å². The van der Waals surface area contributed by atoms with E-state index in [9.17, 15) is 4.79 Å². The number of anilines is 1. The van der Waals surface area contributed by atoms with E-state index in [0.717, 1.165) is 62.2 Å². The number of carbonyl (C=O) groups is 1. The summed E-state index contributed by atoms with van der Waals surface area (Å²) in [6.45, 7) is 6.56. The van der Waals surface area contributed by atoms with E-state index < -0.39 is 0 Å². The summed E-state index contributed by atoms with van der Waals surface area (Å²) < 4.78 is 14.3. The highest BCUT2D eigenvalue weighted by Crippen LogP contribution is 2.47. The fourth-order valence-electron chi connectivity index (χ4n) is 5.89. The zero-order valence-electron chi connectivity index (χ0n) is 20.5. The molecule has 9 heteroatoms. The Bertz CT molecular complexity index is 1250. The number of hydrogen-bond donors (Lipinski definition) is 0. The lowest BCUT2D eigenvalue weighted by atomic mass is 10.0. The largest absolute Gasteiger partial charge is 0.373 e. The van der Waals surface area contributed by atoms with Crippen LogP contribution in [0, 0.1) is 11.8 Å². The lowest BCUT2D eigenvalue weighted by molar-refractivity contribution is 0.0402. The number of rotatable bonds is 8. The van der Waals surface area contributed by atoms with Crippen molar-refractivity contribution in [3.63, 3.8) is 0 Å². The Balaban J connectivity index is 1.15. The van der Waals surface area contributed by atoms with Crippen LogP contribution >= 0.6 is 23.2 Å². The van der Waals surface area contributed by atoms with Crippen LogP contribution in [0.1, 0.15) is 73.3 Å². The van der Waals surface area contributed by atoms with E-state index >= 15 is 0 Å². The van der Waals surface area contributed by atoms with Crippen molar-refractivity contribution in [3.8, 4) is 11.3 Å². The molecule has 1 unspecified atom stereocenters. The SMILES string of the molecule is CC(C)n1nc(C=O)cc1N1C[C@H]2CC(OCc3c(-c4c(Cl)cccc4Cl)noc3C3CC3)C[C@H]2C1. The molecule has 0 radical (unpaired) electrons. The third-order valence-corrected chi connectivity index (χ3v) is 8.44. The van der Waals surface area contributed by atoms with Crippen molar-refractivity contribution in [2.24, 2.45) is 11.8 Å². The number of fused-ring (bicyclic) bond motifs is 1. The number of carbonyl (C=O) groups excluding carboxylic acids is 1. The van der Waals surface area contributed by atoms with Crippen molar-refractivity contribution in [3.05, 3.63) is 51.3 Å². The number of halogens is 2. The van der Waals surface area contributed by atoms with Crippen molar-refractivity contribution in [2.75, 3.05) is 18.0 Å². The van der Waals surface area contributed by atoms with Crippen molar-refractivity contribution in [1.29, 1.82) is 0 Å². The molecular formula is C27H30Cl2N4O3. The highest BCUT2D eigenvalue weighted by atomic mass is 35.5. The number of nitrogens with zero attached hydrogens (tertiary/aromatic N) is 4. The molecule has 3 aliphatic rings. The van der Waals surface area contributed by atoms with Gasteiger partial charge in [0.25, 0.3) is 0 Å². The monoisotopic (exact) mass is 528 g/mol. The summed E-state index contributed by atoms with van der Waals surface area (Å²) in [6.07, 6.45) is 5.28. The average Bonchev–Trinajstić information content (AvgIpc) is 3.17. The van der Waals surface area contributed by atoms with Gasteiger partial charge in [-0.2, -0.15) is 5.10 Å². The van der Waals surface area contributed by atoms with Crippen LogP contribution in [0.3, 0.4) is 0 Å². The Morgan fingerprint density at radius 2 is 1.86 bits per heavy atom. The van der Waals surface area contributed by atoms with E-state index in [4.69, 9.17) is 32.5 Å². The molecule has 3 atom stereocenters. The van der Waals surface area contributed by atoms with Crippen molar-refractivity contribution >= 4 is 35.3 Å². The molecule has 3 heterocycles. The first-order valence-corrected chi connectivity index (χ1v) is 13.5. The minimum atomic E-state index is 0.194. The summed E-state index contributed by atoms with van der Waals surface area (Å²) >= 11 is 13.0. The van der Waals surface area contributed by atoms with E-state index in [1.165, 1.54) is 0 Å². The third-order valence-electron chi connectivity index (χ3n) is 7.81. The molecule has 2 aromatic heterocycles. The molecular weight excluding hydrogens is 499 g/mol. The van der Waals surface area contributed by atoms with Gasteiger partial charge >= 0.3 is 0 Å². The molecule has 1 saturated heterocycles. The smallest absolute Gasteiger partial charge is 0.170 e. The maximum atomic E-state index is 11.3. The van der Waals surface area contributed by atoms with Gasteiger partial charge in [-0.1, -0.05) is 34.4 Å². The van der Waals surface area contributed by atoms with E-state index in [0.29, 0.717) is 51.4 Å². The second kappa shape index (κ2) is 9.51. The Kier molecular flexibility index (Phi) is 6.34. The summed E-state index contributed by atoms with van der Waals surface area (Å²) in [5, 5.41) is 9.97. The van der Waals surface area contributed by atoms with Gasteiger partial charge in [-0.25, -0.2) is 4.68 Å². The third kappa shape index (κ3) is 4.35. The van der Waals surface area contributed by atoms with Gasteiger partial charge in [0.2, 0.25) is 0 Å². The molecule has 0 N–H and O–H groups in total. The van der Waals surface area contributed by atoms with Crippen LogP contribution in [0.25, 0.3) is 11.3 Å². The van der Waals surface area contributed by atoms with Crippen LogP contribution in [-0.4, -0.2) is 40.4 Å². The first kappa shape index (κ1) is 24.0. The Morgan fingerprint density at radius 3 is 2.47 bits per heavy atom. The fraction of sp³-hybridized carbons (Fsp3) is 0.519. The molecule has 36 heavy (non-hydrogen) atoms. The van der Waals surface area contributed by atoms with Gasteiger partial charge in [-0.3, -0.25) is 4.79 Å². The Morgan fingerprint density at radius 1 is 1.17 bits per heavy atom. The van der Waals surface area contributed by atoms with Gasteiger partial charge in [0.15, 0.2) is 6.29 Å². The van der Waals surface area contributed by atoms with E-state index in [1.807, 2.05) is 28.9 Å². The molecule has 190 valence electrons. The molecule has 0 spiro atoms. The summed E-state index contributed by atoms with van der Waals surface area (Å²) in [7, 11) is 0. The molecule has 3 aromatic rings. The van der Waals surface area contributed by atoms with Crippen molar-refractivity contribution in [2.45, 2.75) is 64.2 Å². The number of hydrogen-bond acceptors (Lipinski definition) is 6. The molecule has 0 amide bonds. The molecule has 2 saturated carbocycles. The van der Waals surface area contributed by atoms with E-state index in [-0.39, 0.29) is 12.1 Å². The van der Waals surface area contributed by atoms with Crippen molar-refractivity contribution in [1.82, 2.24) is 14.9 Å². The molecule has 7 nitrogen and oxygen atoms in total. The van der Waals surface area contributed by atoms with Gasteiger partial charge < -0.3 is 14.2 Å². The molecule has 2 aliphatic carbocycles. The predicted molar refractivity (Wildman–Crippen MR) is 139 cm³/mol. The molecule has 3 fully saturated rings. The van der Waals surface area contributed by atoms with Crippen LogP contribution < -0.4 is 4.90 Å². The minimum absolute atomic E-state index is 0.194. The molecule has 0 bridgehead atoms. The maximum Gasteiger partial charge on any atom is 0.170 e. The minimum Gasteiger partial charge on any atom is -0.373 e. The first-order valence-electron chi connectivity index (χ1n) is 12.8. The zero-order chi connectivity index (χ0) is 25.0. The van der Waals surface area contributed by atoms with Gasteiger partial charge in [-0.05, 0) is 63.5 Å². The number of aldehydes is 1. The number of aromatic nitrogens is 3. The highest BCUT2D eigenvalue weighted by molar-refractivity contribution is 6.39. The van der Waals surface area contributed by atoms with Crippen molar-refractivity contribution < 1.29 is 14.1 Å². The zero-order valence-corrected chi connectivity index (χ0v) is 22.0. The normalized spacial score (nSPS) is 23.6. The maximum absolute atomic E-state index is 11.3. The number of benzene rings is 1. The highest BCUT2D eigenvalue weighted by Gasteiger charge is 2.43. The fourth-order valence-corrected chi connectivity index (χ4v) is 6.47. The lowest BCUT2D eigenvalue weighted by Gasteiger charge is -2.23. The summed E-state index contributed by atoms with van der Waals surface area (Å²) in [5.74, 6) is 3.49. The first-order chi connectivity index (χ1) is 17.4. The van der Waals surface area contributed by atoms with E-state index in [2.05, 4.69) is 29.0 Å². The van der Waals surface area contributed by atoms with Crippen LogP contribution in [-0.2, 0) is 11.3 Å². The van der Waals surface area contributed by atoms with Gasteiger partial charge in [0.1, 0.15) is 23.0 Å². The number of ether oxygens (including phenoxy) is 1. The van der Waals surface area contributed by atoms with Crippen LogP contribution in [0.5, 0.6) is 0 Å². The predicted octanol–water partition coefficient (Wildman–Crippen LogP) is 6.55. The van der Waals surface area contributed by atoms with Gasteiger partial charge in [0, 0.05) is 42.2 Å². The molecule has 6 rings (SSSR count). The molecule has 1 aromatic carbocycles. The Labute approximate surface area is 220 Å². The van der Waals surface area contributed by atoms with Crippen LogP contribution in [0.4, 0.5) is 5.82 Å². The van der Waals surface area contributed by atoms with E-state index in [1.54, 1.807) is 0 Å². The summed E-state index contributed by atoms with van der Waals surface area (Å²) in [5.41, 5.74) is 2.88. The van der Waals surface area contributed by atoms with Gasteiger partial charge in [0.05, 0.1) is 22.8 Å².